The highest BCUT2D eigenvalue weighted by atomic mass is 16.5. The van der Waals surface area contributed by atoms with Gasteiger partial charge in [-0.1, -0.05) is 51.7 Å². The molecule has 2 aromatic heterocycles. The number of H-pyrrole nitrogens is 2. The van der Waals surface area contributed by atoms with E-state index in [9.17, 15) is 19.2 Å². The van der Waals surface area contributed by atoms with Gasteiger partial charge in [0, 0.05) is 24.7 Å². The third kappa shape index (κ3) is 8.44. The molecule has 56 heavy (non-hydrogen) atoms. The number of aromatic amines is 2. The molecule has 2 saturated heterocycles. The summed E-state index contributed by atoms with van der Waals surface area (Å²) in [6.07, 6.45) is 3.64. The maximum Gasteiger partial charge on any atom is 0.407 e. The van der Waals surface area contributed by atoms with Gasteiger partial charge in [0.05, 0.1) is 61.9 Å². The standard InChI is InChI=1S/C41H50N8O7/c1-23(2)34(46-40(52)55-6)38(50)48-18-8-10-31(48)36-42-22-30(45-36)26-15-12-25(13-16-26)14-17-27-20-28-29(21-33(27)54-5)44-37(43-28)32-11-9-19-49(32)39(51)35(24(3)4)47-41(53)56-7/h12-13,15-16,20-24,31-32,34-35H,8-11,18-19H2,1-7H3,(H,42,45)(H,43,44)(H,46,52)(H,47,53)/t31-,32-,34-,35-/m0/s1. The predicted octanol–water partition coefficient (Wildman–Crippen LogP) is 5.45. The molecule has 4 amide bonds. The number of methoxy groups -OCH3 is 3. The summed E-state index contributed by atoms with van der Waals surface area (Å²) in [5.74, 6) is 7.85. The molecule has 2 aliphatic heterocycles. The van der Waals surface area contributed by atoms with Gasteiger partial charge < -0.3 is 44.6 Å². The number of hydrogen-bond donors (Lipinski definition) is 4. The quantitative estimate of drug-likeness (QED) is 0.153. The minimum atomic E-state index is -0.720. The van der Waals surface area contributed by atoms with Crippen LogP contribution in [0.3, 0.4) is 0 Å². The zero-order valence-corrected chi connectivity index (χ0v) is 32.9. The second-order valence-electron chi connectivity index (χ2n) is 14.8. The smallest absolute Gasteiger partial charge is 0.407 e. The summed E-state index contributed by atoms with van der Waals surface area (Å²) < 4.78 is 15.2. The molecule has 4 N–H and O–H groups in total. The van der Waals surface area contributed by atoms with E-state index >= 15 is 0 Å². The van der Waals surface area contributed by atoms with E-state index in [1.165, 1.54) is 14.2 Å². The van der Waals surface area contributed by atoms with Gasteiger partial charge in [-0.15, -0.1) is 0 Å². The predicted molar refractivity (Wildman–Crippen MR) is 208 cm³/mol. The number of nitrogens with one attached hydrogen (secondary N) is 4. The van der Waals surface area contributed by atoms with E-state index in [2.05, 4.69) is 37.4 Å². The van der Waals surface area contributed by atoms with Crippen LogP contribution in [0.5, 0.6) is 5.75 Å². The van der Waals surface area contributed by atoms with Crippen molar-refractivity contribution < 1.29 is 33.4 Å². The van der Waals surface area contributed by atoms with Crippen molar-refractivity contribution in [3.05, 3.63) is 65.4 Å². The van der Waals surface area contributed by atoms with Gasteiger partial charge in [0.1, 0.15) is 29.5 Å². The van der Waals surface area contributed by atoms with Gasteiger partial charge in [0.25, 0.3) is 0 Å². The van der Waals surface area contributed by atoms with Crippen LogP contribution < -0.4 is 15.4 Å². The first-order chi connectivity index (χ1) is 26.9. The summed E-state index contributed by atoms with van der Waals surface area (Å²) >= 11 is 0. The molecule has 4 aromatic rings. The van der Waals surface area contributed by atoms with Crippen molar-refractivity contribution in [2.75, 3.05) is 34.4 Å². The third-order valence-corrected chi connectivity index (χ3v) is 10.4. The van der Waals surface area contributed by atoms with Crippen LogP contribution in [0.2, 0.25) is 0 Å². The lowest BCUT2D eigenvalue weighted by atomic mass is 10.0. The van der Waals surface area contributed by atoms with Crippen molar-refractivity contribution in [1.29, 1.82) is 0 Å². The molecule has 2 aliphatic rings. The fraction of sp³-hybridized carbons (Fsp3) is 0.463. The molecule has 0 spiro atoms. The van der Waals surface area contributed by atoms with Crippen molar-refractivity contribution in [1.82, 2.24) is 40.4 Å². The number of imidazole rings is 2. The Hall–Kier alpha value is -6.04. The average Bonchev–Trinajstić information content (AvgIpc) is 4.03. The minimum Gasteiger partial charge on any atom is -0.495 e. The number of ether oxygens (including phenoxy) is 3. The van der Waals surface area contributed by atoms with E-state index in [0.717, 1.165) is 48.0 Å². The van der Waals surface area contributed by atoms with Crippen LogP contribution in [-0.4, -0.2) is 100 Å². The highest BCUT2D eigenvalue weighted by molar-refractivity contribution is 5.87. The van der Waals surface area contributed by atoms with Gasteiger partial charge in [-0.05, 0) is 61.3 Å². The van der Waals surface area contributed by atoms with Crippen LogP contribution in [0.25, 0.3) is 22.3 Å². The molecule has 0 radical (unpaired) electrons. The first-order valence-corrected chi connectivity index (χ1v) is 19.0. The lowest BCUT2D eigenvalue weighted by Gasteiger charge is -2.30. The molecule has 0 aliphatic carbocycles. The van der Waals surface area contributed by atoms with Gasteiger partial charge in [-0.2, -0.15) is 0 Å². The van der Waals surface area contributed by atoms with Crippen LogP contribution in [0.4, 0.5) is 9.59 Å². The second-order valence-corrected chi connectivity index (χ2v) is 14.8. The molecular weight excluding hydrogens is 716 g/mol. The Bertz CT molecular complexity index is 2130. The van der Waals surface area contributed by atoms with Crippen LogP contribution >= 0.6 is 0 Å². The number of aromatic nitrogens is 4. The summed E-state index contributed by atoms with van der Waals surface area (Å²) in [5, 5.41) is 5.37. The number of alkyl carbamates (subject to hydrolysis) is 2. The Morgan fingerprint density at radius 2 is 1.36 bits per heavy atom. The van der Waals surface area contributed by atoms with Crippen molar-refractivity contribution in [2.24, 2.45) is 11.8 Å². The number of rotatable bonds is 10. The number of carbonyl (C=O) groups is 4. The number of nitrogens with zero attached hydrogens (tertiary/aromatic N) is 4. The third-order valence-electron chi connectivity index (χ3n) is 10.4. The summed E-state index contributed by atoms with van der Waals surface area (Å²) in [4.78, 5) is 71.0. The first-order valence-electron chi connectivity index (χ1n) is 19.0. The lowest BCUT2D eigenvalue weighted by molar-refractivity contribution is -0.136. The number of hydrogen-bond acceptors (Lipinski definition) is 9. The number of benzene rings is 2. The zero-order chi connectivity index (χ0) is 40.1. The van der Waals surface area contributed by atoms with Crippen molar-refractivity contribution in [2.45, 2.75) is 77.5 Å². The minimum absolute atomic E-state index is 0.117. The number of carbonyl (C=O) groups excluding carboxylic acids is 4. The highest BCUT2D eigenvalue weighted by Gasteiger charge is 2.39. The number of likely N-dealkylation sites (tertiary alicyclic amines) is 2. The highest BCUT2D eigenvalue weighted by Crippen LogP contribution is 2.35. The summed E-state index contributed by atoms with van der Waals surface area (Å²) in [7, 11) is 4.15. The molecule has 0 unspecified atom stereocenters. The van der Waals surface area contributed by atoms with Crippen molar-refractivity contribution >= 4 is 35.0 Å². The molecule has 4 atom stereocenters. The van der Waals surface area contributed by atoms with Gasteiger partial charge in [0.2, 0.25) is 11.8 Å². The van der Waals surface area contributed by atoms with Gasteiger partial charge in [0.15, 0.2) is 0 Å². The fourth-order valence-electron chi connectivity index (χ4n) is 7.39. The molecule has 15 nitrogen and oxygen atoms in total. The monoisotopic (exact) mass is 766 g/mol. The molecule has 0 bridgehead atoms. The van der Waals surface area contributed by atoms with Gasteiger partial charge in [-0.3, -0.25) is 9.59 Å². The average molecular weight is 767 g/mol. The zero-order valence-electron chi connectivity index (χ0n) is 32.9. The maximum absolute atomic E-state index is 13.6. The molecule has 15 heteroatoms. The molecular formula is C41H50N8O7. The maximum atomic E-state index is 13.6. The van der Waals surface area contributed by atoms with E-state index in [1.54, 1.807) is 23.1 Å². The molecule has 296 valence electrons. The van der Waals surface area contributed by atoms with Crippen LogP contribution in [0, 0.1) is 23.7 Å². The Morgan fingerprint density at radius 1 is 0.786 bits per heavy atom. The van der Waals surface area contributed by atoms with Gasteiger partial charge >= 0.3 is 12.2 Å². The fourth-order valence-corrected chi connectivity index (χ4v) is 7.39. The van der Waals surface area contributed by atoms with E-state index < -0.39 is 24.3 Å². The van der Waals surface area contributed by atoms with Crippen LogP contribution in [0.15, 0.2) is 42.6 Å². The van der Waals surface area contributed by atoms with Crippen LogP contribution in [-0.2, 0) is 19.1 Å². The van der Waals surface area contributed by atoms with E-state index in [4.69, 9.17) is 19.2 Å². The summed E-state index contributed by atoms with van der Waals surface area (Å²) in [6, 6.07) is 9.63. The Morgan fingerprint density at radius 3 is 1.89 bits per heavy atom. The Balaban J connectivity index is 1.16. The number of fused-ring (bicyclic) bond motifs is 1. The molecule has 4 heterocycles. The van der Waals surface area contributed by atoms with Crippen molar-refractivity contribution in [3.8, 4) is 28.8 Å². The Kier molecular flexibility index (Phi) is 12.2. The molecule has 2 aromatic carbocycles. The van der Waals surface area contributed by atoms with E-state index in [0.29, 0.717) is 41.6 Å². The van der Waals surface area contributed by atoms with Crippen LogP contribution in [0.1, 0.15) is 88.2 Å². The lowest BCUT2D eigenvalue weighted by Crippen LogP contribution is -2.51. The number of amides is 4. The first kappa shape index (κ1) is 39.6. The topological polar surface area (TPSA) is 184 Å². The van der Waals surface area contributed by atoms with Gasteiger partial charge in [-0.25, -0.2) is 19.6 Å². The summed E-state index contributed by atoms with van der Waals surface area (Å²) in [6.45, 7) is 8.69. The molecule has 6 rings (SSSR count). The second kappa shape index (κ2) is 17.2. The largest absolute Gasteiger partial charge is 0.495 e. The normalized spacial score (nSPS) is 17.7. The summed E-state index contributed by atoms with van der Waals surface area (Å²) in [5.41, 5.74) is 4.67. The molecule has 0 saturated carbocycles. The van der Waals surface area contributed by atoms with E-state index in [1.807, 2.05) is 64.1 Å². The molecule has 2 fully saturated rings. The van der Waals surface area contributed by atoms with Crippen molar-refractivity contribution in [3.63, 3.8) is 0 Å². The van der Waals surface area contributed by atoms with E-state index in [-0.39, 0.29) is 35.7 Å². The SMILES string of the molecule is COC(=O)N[C@H](C(=O)N1CCC[C@H]1c1ncc(-c2ccc(C#Cc3cc4[nH]c([C@@H]5CCCN5C(=O)[C@@H](NC(=O)OC)C(C)C)nc4cc3OC)cc2)[nH]1)C(C)C. The Labute approximate surface area is 326 Å².